The van der Waals surface area contributed by atoms with Crippen molar-refractivity contribution in [1.29, 1.82) is 0 Å². The van der Waals surface area contributed by atoms with E-state index in [9.17, 15) is 0 Å². The van der Waals surface area contributed by atoms with E-state index in [-0.39, 0.29) is 19.0 Å². The number of nitrogens with two attached hydrogens (primary N) is 1. The molecule has 5 nitrogen and oxygen atoms in total. The molecular formula is C13H18Cl2N4O. The van der Waals surface area contributed by atoms with Crippen LogP contribution < -0.4 is 5.73 Å². The molecule has 1 heterocycles. The van der Waals surface area contributed by atoms with Crippen LogP contribution in [0.1, 0.15) is 24.2 Å². The van der Waals surface area contributed by atoms with E-state index in [4.69, 9.17) is 21.9 Å². The van der Waals surface area contributed by atoms with Gasteiger partial charge in [-0.05, 0) is 24.2 Å². The van der Waals surface area contributed by atoms with Gasteiger partial charge in [0.05, 0.1) is 13.1 Å². The lowest BCUT2D eigenvalue weighted by atomic mass is 10.2. The SMILES string of the molecule is CCN(Cc1cccc(Cl)c1)Cc1noc(CN)n1.Cl. The summed E-state index contributed by atoms with van der Waals surface area (Å²) >= 11 is 5.98. The van der Waals surface area contributed by atoms with E-state index < -0.39 is 0 Å². The van der Waals surface area contributed by atoms with E-state index in [0.29, 0.717) is 18.3 Å². The molecule has 7 heteroatoms. The Labute approximate surface area is 129 Å². The number of halogens is 2. The smallest absolute Gasteiger partial charge is 0.240 e. The van der Waals surface area contributed by atoms with Crippen molar-refractivity contribution in [2.24, 2.45) is 5.73 Å². The van der Waals surface area contributed by atoms with Crippen molar-refractivity contribution in [3.8, 4) is 0 Å². The van der Waals surface area contributed by atoms with Crippen LogP contribution in [0.5, 0.6) is 0 Å². The molecule has 0 aliphatic heterocycles. The van der Waals surface area contributed by atoms with Gasteiger partial charge < -0.3 is 10.3 Å². The highest BCUT2D eigenvalue weighted by Crippen LogP contribution is 2.13. The Kier molecular flexibility index (Phi) is 6.95. The minimum atomic E-state index is 0. The molecule has 0 radical (unpaired) electrons. The van der Waals surface area contributed by atoms with Gasteiger partial charge in [0.1, 0.15) is 0 Å². The van der Waals surface area contributed by atoms with E-state index in [1.54, 1.807) is 0 Å². The summed E-state index contributed by atoms with van der Waals surface area (Å²) in [6.45, 7) is 4.68. The van der Waals surface area contributed by atoms with Crippen molar-refractivity contribution < 1.29 is 4.52 Å². The molecule has 0 amide bonds. The van der Waals surface area contributed by atoms with Crippen LogP contribution in [0.25, 0.3) is 0 Å². The molecule has 0 atom stereocenters. The molecule has 2 rings (SSSR count). The molecule has 0 unspecified atom stereocenters. The van der Waals surface area contributed by atoms with Crippen LogP contribution >= 0.6 is 24.0 Å². The molecule has 0 aliphatic rings. The number of aromatic nitrogens is 2. The van der Waals surface area contributed by atoms with Gasteiger partial charge in [0.25, 0.3) is 0 Å². The van der Waals surface area contributed by atoms with Gasteiger partial charge >= 0.3 is 0 Å². The molecular weight excluding hydrogens is 299 g/mol. The maximum absolute atomic E-state index is 5.98. The Morgan fingerprint density at radius 2 is 2.15 bits per heavy atom. The molecule has 20 heavy (non-hydrogen) atoms. The second-order valence-corrected chi connectivity index (χ2v) is 4.68. The van der Waals surface area contributed by atoms with Crippen LogP contribution in [0.15, 0.2) is 28.8 Å². The molecule has 0 aliphatic carbocycles. The van der Waals surface area contributed by atoms with Crippen LogP contribution in [0.2, 0.25) is 5.02 Å². The Bertz CT molecular complexity index is 533. The predicted molar refractivity (Wildman–Crippen MR) is 80.7 cm³/mol. The van der Waals surface area contributed by atoms with Crippen molar-refractivity contribution in [3.63, 3.8) is 0 Å². The summed E-state index contributed by atoms with van der Waals surface area (Å²) in [6.07, 6.45) is 0. The van der Waals surface area contributed by atoms with E-state index in [2.05, 4.69) is 28.0 Å². The van der Waals surface area contributed by atoms with Gasteiger partial charge in [-0.2, -0.15) is 4.98 Å². The number of nitrogens with zero attached hydrogens (tertiary/aromatic N) is 3. The van der Waals surface area contributed by atoms with Gasteiger partial charge in [0, 0.05) is 11.6 Å². The molecule has 0 fully saturated rings. The number of hydrogen-bond donors (Lipinski definition) is 1. The third-order valence-electron chi connectivity index (χ3n) is 2.79. The lowest BCUT2D eigenvalue weighted by molar-refractivity contribution is 0.258. The maximum atomic E-state index is 5.98. The fourth-order valence-corrected chi connectivity index (χ4v) is 2.02. The monoisotopic (exact) mass is 316 g/mol. The zero-order valence-electron chi connectivity index (χ0n) is 11.3. The zero-order valence-corrected chi connectivity index (χ0v) is 12.8. The molecule has 1 aromatic carbocycles. The zero-order chi connectivity index (χ0) is 13.7. The highest BCUT2D eigenvalue weighted by molar-refractivity contribution is 6.30. The van der Waals surface area contributed by atoms with Gasteiger partial charge in [-0.25, -0.2) is 0 Å². The summed E-state index contributed by atoms with van der Waals surface area (Å²) in [4.78, 5) is 6.41. The Morgan fingerprint density at radius 1 is 1.35 bits per heavy atom. The molecule has 110 valence electrons. The number of hydrogen-bond acceptors (Lipinski definition) is 5. The second-order valence-electron chi connectivity index (χ2n) is 4.24. The molecule has 1 aromatic heterocycles. The van der Waals surface area contributed by atoms with Gasteiger partial charge in [-0.15, -0.1) is 12.4 Å². The van der Waals surface area contributed by atoms with Crippen LogP contribution in [-0.4, -0.2) is 21.6 Å². The molecule has 2 aromatic rings. The van der Waals surface area contributed by atoms with Crippen molar-refractivity contribution in [3.05, 3.63) is 46.6 Å². The standard InChI is InChI=1S/C13H17ClN4O.ClH/c1-2-18(8-10-4-3-5-11(14)6-10)9-12-16-13(7-15)19-17-12;/h3-6H,2,7-9,15H2,1H3;1H. The lowest BCUT2D eigenvalue weighted by Crippen LogP contribution is -2.23. The predicted octanol–water partition coefficient (Wildman–Crippen LogP) is 2.63. The van der Waals surface area contributed by atoms with Crippen LogP contribution in [0, 0.1) is 0 Å². The fourth-order valence-electron chi connectivity index (χ4n) is 1.81. The summed E-state index contributed by atoms with van der Waals surface area (Å²) in [6, 6.07) is 7.84. The highest BCUT2D eigenvalue weighted by Gasteiger charge is 2.10. The second kappa shape index (κ2) is 8.21. The van der Waals surface area contributed by atoms with Crippen molar-refractivity contribution in [2.75, 3.05) is 6.54 Å². The van der Waals surface area contributed by atoms with E-state index in [0.717, 1.165) is 23.7 Å². The third kappa shape index (κ3) is 4.76. The topological polar surface area (TPSA) is 68.2 Å². The van der Waals surface area contributed by atoms with Crippen molar-refractivity contribution in [2.45, 2.75) is 26.6 Å². The third-order valence-corrected chi connectivity index (χ3v) is 3.03. The first kappa shape index (κ1) is 16.9. The Balaban J connectivity index is 0.00000200. The molecule has 0 saturated carbocycles. The first-order valence-corrected chi connectivity index (χ1v) is 6.57. The van der Waals surface area contributed by atoms with E-state index in [1.165, 1.54) is 0 Å². The van der Waals surface area contributed by atoms with Crippen LogP contribution in [-0.2, 0) is 19.6 Å². The Morgan fingerprint density at radius 3 is 2.75 bits per heavy atom. The minimum absolute atomic E-state index is 0. The van der Waals surface area contributed by atoms with Gasteiger partial charge in [-0.3, -0.25) is 4.90 Å². The highest BCUT2D eigenvalue weighted by atomic mass is 35.5. The number of benzene rings is 1. The first-order valence-electron chi connectivity index (χ1n) is 6.19. The average Bonchev–Trinajstić information content (AvgIpc) is 2.85. The number of rotatable bonds is 6. The van der Waals surface area contributed by atoms with Gasteiger partial charge in [-0.1, -0.05) is 35.8 Å². The van der Waals surface area contributed by atoms with Crippen LogP contribution in [0.4, 0.5) is 0 Å². The summed E-state index contributed by atoms with van der Waals surface area (Å²) in [7, 11) is 0. The normalized spacial score (nSPS) is 10.6. The van der Waals surface area contributed by atoms with E-state index >= 15 is 0 Å². The summed E-state index contributed by atoms with van der Waals surface area (Å²) in [5.74, 6) is 1.12. The van der Waals surface area contributed by atoms with Crippen LogP contribution in [0.3, 0.4) is 0 Å². The summed E-state index contributed by atoms with van der Waals surface area (Å²) < 4.78 is 4.99. The Hall–Kier alpha value is -1.14. The van der Waals surface area contributed by atoms with Gasteiger partial charge in [0.2, 0.25) is 5.89 Å². The van der Waals surface area contributed by atoms with Crippen molar-refractivity contribution >= 4 is 24.0 Å². The molecule has 0 bridgehead atoms. The molecule has 2 N–H and O–H groups in total. The maximum Gasteiger partial charge on any atom is 0.240 e. The van der Waals surface area contributed by atoms with Gasteiger partial charge in [0.15, 0.2) is 5.82 Å². The molecule has 0 spiro atoms. The van der Waals surface area contributed by atoms with Crippen molar-refractivity contribution in [1.82, 2.24) is 15.0 Å². The molecule has 0 saturated heterocycles. The largest absolute Gasteiger partial charge is 0.338 e. The minimum Gasteiger partial charge on any atom is -0.338 e. The first-order chi connectivity index (χ1) is 9.21. The fraction of sp³-hybridized carbons (Fsp3) is 0.385. The lowest BCUT2D eigenvalue weighted by Gasteiger charge is -2.18. The summed E-state index contributed by atoms with van der Waals surface area (Å²) in [5.41, 5.74) is 6.61. The summed E-state index contributed by atoms with van der Waals surface area (Å²) in [5, 5.41) is 4.65. The van der Waals surface area contributed by atoms with E-state index in [1.807, 2.05) is 18.2 Å². The quantitative estimate of drug-likeness (QED) is 0.887. The average molecular weight is 317 g/mol.